The number of carbonyl (C=O) groups is 1. The smallest absolute Gasteiger partial charge is 0.406 e. The van der Waals surface area contributed by atoms with E-state index in [2.05, 4.69) is 10.1 Å². The maximum absolute atomic E-state index is 12.0. The van der Waals surface area contributed by atoms with Gasteiger partial charge in [-0.25, -0.2) is 0 Å². The van der Waals surface area contributed by atoms with Crippen LogP contribution in [0.5, 0.6) is 5.75 Å². The number of rotatable bonds is 5. The number of carbonyl (C=O) groups excluding carboxylic acids is 1. The fraction of sp³-hybridized carbons (Fsp3) is 0.533. The molecule has 0 spiro atoms. The predicted octanol–water partition coefficient (Wildman–Crippen LogP) is 2.65. The third-order valence-electron chi connectivity index (χ3n) is 3.01. The van der Waals surface area contributed by atoms with Crippen molar-refractivity contribution < 1.29 is 27.8 Å². The van der Waals surface area contributed by atoms with Crippen LogP contribution in [0.1, 0.15) is 26.3 Å². The maximum Gasteiger partial charge on any atom is 0.573 e. The summed E-state index contributed by atoms with van der Waals surface area (Å²) in [4.78, 5) is 11.7. The predicted molar refractivity (Wildman–Crippen MR) is 75.3 cm³/mol. The summed E-state index contributed by atoms with van der Waals surface area (Å²) in [6, 6.07) is 5.09. The number of alkyl halides is 3. The number of benzene rings is 1. The van der Waals surface area contributed by atoms with Crippen LogP contribution in [0.3, 0.4) is 0 Å². The van der Waals surface area contributed by atoms with E-state index in [4.69, 9.17) is 0 Å². The van der Waals surface area contributed by atoms with Gasteiger partial charge in [0.1, 0.15) is 5.75 Å². The molecule has 0 bridgehead atoms. The molecule has 1 aromatic carbocycles. The Morgan fingerprint density at radius 3 is 2.23 bits per heavy atom. The van der Waals surface area contributed by atoms with Crippen LogP contribution in [0.25, 0.3) is 0 Å². The largest absolute Gasteiger partial charge is 0.573 e. The van der Waals surface area contributed by atoms with E-state index in [0.29, 0.717) is 5.56 Å². The second-order valence-corrected chi connectivity index (χ2v) is 6.05. The van der Waals surface area contributed by atoms with Gasteiger partial charge in [0.15, 0.2) is 0 Å². The molecule has 0 aliphatic rings. The molecule has 2 N–H and O–H groups in total. The van der Waals surface area contributed by atoms with Gasteiger partial charge < -0.3 is 15.2 Å². The first-order valence-corrected chi connectivity index (χ1v) is 6.77. The summed E-state index contributed by atoms with van der Waals surface area (Å²) < 4.78 is 39.8. The Kier molecular flexibility index (Phi) is 5.82. The molecule has 1 amide bonds. The summed E-state index contributed by atoms with van der Waals surface area (Å²) in [6.07, 6.45) is -5.40. The summed E-state index contributed by atoms with van der Waals surface area (Å²) in [5.41, 5.74) is 0.210. The number of hydrogen-bond donors (Lipinski definition) is 2. The van der Waals surface area contributed by atoms with Crippen molar-refractivity contribution in [3.63, 3.8) is 0 Å². The van der Waals surface area contributed by atoms with Crippen molar-refractivity contribution in [2.45, 2.75) is 39.7 Å². The van der Waals surface area contributed by atoms with E-state index in [1.54, 1.807) is 0 Å². The molecule has 0 fully saturated rings. The highest BCUT2D eigenvalue weighted by atomic mass is 19.4. The van der Waals surface area contributed by atoms with Gasteiger partial charge in [-0.15, -0.1) is 13.2 Å². The zero-order valence-electron chi connectivity index (χ0n) is 12.7. The molecular formula is C15H20F3NO3. The normalized spacial score (nSPS) is 13.6. The van der Waals surface area contributed by atoms with Gasteiger partial charge in [-0.2, -0.15) is 0 Å². The molecule has 7 heteroatoms. The standard InChI is InChI=1S/C15H20F3NO3/c1-14(2,3)12(20)9-19-13(21)8-10-4-6-11(7-5-10)22-15(16,17)18/h4-7,12,20H,8-9H2,1-3H3,(H,19,21). The zero-order chi connectivity index (χ0) is 17.0. The second-order valence-electron chi connectivity index (χ2n) is 6.05. The highest BCUT2D eigenvalue weighted by molar-refractivity contribution is 5.78. The molecule has 1 atom stereocenters. The van der Waals surface area contributed by atoms with Crippen LogP contribution < -0.4 is 10.1 Å². The first kappa shape index (κ1) is 18.3. The SMILES string of the molecule is CC(C)(C)C(O)CNC(=O)Cc1ccc(OC(F)(F)F)cc1. The molecule has 0 saturated carbocycles. The van der Waals surface area contributed by atoms with Gasteiger partial charge in [0.2, 0.25) is 5.91 Å². The van der Waals surface area contributed by atoms with Crippen LogP contribution in [0.4, 0.5) is 13.2 Å². The van der Waals surface area contributed by atoms with Gasteiger partial charge in [-0.1, -0.05) is 32.9 Å². The van der Waals surface area contributed by atoms with Crippen LogP contribution in [0.2, 0.25) is 0 Å². The van der Waals surface area contributed by atoms with Crippen LogP contribution in [0, 0.1) is 5.41 Å². The Morgan fingerprint density at radius 1 is 1.23 bits per heavy atom. The van der Waals surface area contributed by atoms with Crippen molar-refractivity contribution in [2.75, 3.05) is 6.54 Å². The highest BCUT2D eigenvalue weighted by Gasteiger charge is 2.31. The number of hydrogen-bond acceptors (Lipinski definition) is 3. The average molecular weight is 319 g/mol. The van der Waals surface area contributed by atoms with E-state index in [-0.39, 0.29) is 30.0 Å². The summed E-state index contributed by atoms with van der Waals surface area (Å²) in [6.45, 7) is 5.67. The Balaban J connectivity index is 2.48. The van der Waals surface area contributed by atoms with Crippen LogP contribution in [-0.4, -0.2) is 30.0 Å². The third kappa shape index (κ3) is 6.80. The van der Waals surface area contributed by atoms with Gasteiger partial charge in [-0.3, -0.25) is 4.79 Å². The van der Waals surface area contributed by atoms with E-state index in [9.17, 15) is 23.1 Å². The summed E-state index contributed by atoms with van der Waals surface area (Å²) in [5, 5.41) is 12.4. The van der Waals surface area contributed by atoms with Crippen LogP contribution >= 0.6 is 0 Å². The molecule has 1 rings (SSSR count). The van der Waals surface area contributed by atoms with Gasteiger partial charge in [0, 0.05) is 6.54 Å². The lowest BCUT2D eigenvalue weighted by Gasteiger charge is -2.25. The number of amides is 1. The third-order valence-corrected chi connectivity index (χ3v) is 3.01. The Labute approximate surface area is 127 Å². The lowest BCUT2D eigenvalue weighted by molar-refractivity contribution is -0.274. The van der Waals surface area contributed by atoms with Crippen molar-refractivity contribution in [1.29, 1.82) is 0 Å². The number of aliphatic hydroxyl groups excluding tert-OH is 1. The molecule has 0 aliphatic heterocycles. The van der Waals surface area contributed by atoms with Crippen molar-refractivity contribution in [1.82, 2.24) is 5.32 Å². The summed E-state index contributed by atoms with van der Waals surface area (Å²) in [7, 11) is 0. The molecule has 1 aromatic rings. The van der Waals surface area contributed by atoms with E-state index in [1.165, 1.54) is 12.1 Å². The van der Waals surface area contributed by atoms with E-state index < -0.39 is 12.5 Å². The fourth-order valence-corrected chi connectivity index (χ4v) is 1.57. The van der Waals surface area contributed by atoms with Gasteiger partial charge >= 0.3 is 6.36 Å². The lowest BCUT2D eigenvalue weighted by Crippen LogP contribution is -2.39. The van der Waals surface area contributed by atoms with E-state index in [0.717, 1.165) is 12.1 Å². The van der Waals surface area contributed by atoms with Crippen LogP contribution in [-0.2, 0) is 11.2 Å². The van der Waals surface area contributed by atoms with E-state index >= 15 is 0 Å². The van der Waals surface area contributed by atoms with Gasteiger partial charge in [0.05, 0.1) is 12.5 Å². The van der Waals surface area contributed by atoms with Crippen LogP contribution in [0.15, 0.2) is 24.3 Å². The van der Waals surface area contributed by atoms with Gasteiger partial charge in [-0.05, 0) is 23.1 Å². The topological polar surface area (TPSA) is 58.6 Å². The van der Waals surface area contributed by atoms with Crippen molar-refractivity contribution in [2.24, 2.45) is 5.41 Å². The fourth-order valence-electron chi connectivity index (χ4n) is 1.57. The minimum absolute atomic E-state index is 0.0170. The quantitative estimate of drug-likeness (QED) is 0.877. The first-order chi connectivity index (χ1) is 9.97. The van der Waals surface area contributed by atoms with Crippen molar-refractivity contribution >= 4 is 5.91 Å². The number of nitrogens with one attached hydrogen (secondary N) is 1. The Bertz CT molecular complexity index is 492. The Morgan fingerprint density at radius 2 is 1.77 bits per heavy atom. The number of ether oxygens (including phenoxy) is 1. The summed E-state index contributed by atoms with van der Waals surface area (Å²) >= 11 is 0. The Hall–Kier alpha value is -1.76. The number of halogens is 3. The molecular weight excluding hydrogens is 299 g/mol. The minimum Gasteiger partial charge on any atom is -0.406 e. The van der Waals surface area contributed by atoms with Crippen molar-refractivity contribution in [3.8, 4) is 5.75 Å². The minimum atomic E-state index is -4.73. The van der Waals surface area contributed by atoms with Crippen molar-refractivity contribution in [3.05, 3.63) is 29.8 Å². The van der Waals surface area contributed by atoms with Gasteiger partial charge in [0.25, 0.3) is 0 Å². The molecule has 4 nitrogen and oxygen atoms in total. The second kappa shape index (κ2) is 7.00. The molecule has 22 heavy (non-hydrogen) atoms. The zero-order valence-corrected chi connectivity index (χ0v) is 12.7. The highest BCUT2D eigenvalue weighted by Crippen LogP contribution is 2.23. The lowest BCUT2D eigenvalue weighted by atomic mass is 9.89. The maximum atomic E-state index is 12.0. The molecule has 124 valence electrons. The molecule has 0 aliphatic carbocycles. The molecule has 1 unspecified atom stereocenters. The molecule has 0 aromatic heterocycles. The summed E-state index contributed by atoms with van der Waals surface area (Å²) in [5.74, 6) is -0.646. The first-order valence-electron chi connectivity index (χ1n) is 6.77. The number of aliphatic hydroxyl groups is 1. The molecule has 0 radical (unpaired) electrons. The monoisotopic (exact) mass is 319 g/mol. The molecule has 0 heterocycles. The molecule has 0 saturated heterocycles. The van der Waals surface area contributed by atoms with E-state index in [1.807, 2.05) is 20.8 Å². The average Bonchev–Trinajstić information content (AvgIpc) is 2.35.